The fraction of sp³-hybridized carbons (Fsp3) is 0.462. The Morgan fingerprint density at radius 3 is 1.29 bits per heavy atom. The number of fused-ring (bicyclic) bond motifs is 2. The van der Waals surface area contributed by atoms with Crippen LogP contribution in [0.2, 0.25) is 0 Å². The molecule has 2 N–H and O–H groups in total. The summed E-state index contributed by atoms with van der Waals surface area (Å²) >= 11 is 0. The van der Waals surface area contributed by atoms with Gasteiger partial charge in [0, 0.05) is 99.1 Å². The van der Waals surface area contributed by atoms with Gasteiger partial charge in [0.25, 0.3) is 0 Å². The molecule has 8 aromatic heterocycles. The fourth-order valence-corrected chi connectivity index (χ4v) is 10.6. The number of H-pyrrole nitrogens is 2. The van der Waals surface area contributed by atoms with Gasteiger partial charge in [-0.15, -0.1) is 0 Å². The van der Waals surface area contributed by atoms with Crippen molar-refractivity contribution in [3.05, 3.63) is 85.0 Å². The van der Waals surface area contributed by atoms with Gasteiger partial charge in [0.1, 0.15) is 24.0 Å². The predicted molar refractivity (Wildman–Crippen MR) is 272 cm³/mol. The van der Waals surface area contributed by atoms with Crippen molar-refractivity contribution in [1.29, 1.82) is 0 Å². The first-order valence-electron chi connectivity index (χ1n) is 25.1. The minimum absolute atomic E-state index is 0.247. The summed E-state index contributed by atoms with van der Waals surface area (Å²) in [5, 5.41) is 24.5. The van der Waals surface area contributed by atoms with E-state index in [0.717, 1.165) is 121 Å². The van der Waals surface area contributed by atoms with Gasteiger partial charge in [0.15, 0.2) is 22.8 Å². The first-order chi connectivity index (χ1) is 34.2. The van der Waals surface area contributed by atoms with Crippen LogP contribution in [0.5, 0.6) is 11.5 Å². The molecule has 0 amide bonds. The van der Waals surface area contributed by atoms with Gasteiger partial charge >= 0.3 is 0 Å². The molecule has 4 fully saturated rings. The lowest BCUT2D eigenvalue weighted by Gasteiger charge is -2.43. The van der Waals surface area contributed by atoms with Crippen LogP contribution in [-0.4, -0.2) is 148 Å². The van der Waals surface area contributed by atoms with Crippen molar-refractivity contribution in [3.8, 4) is 56.8 Å². The second kappa shape index (κ2) is 19.5. The summed E-state index contributed by atoms with van der Waals surface area (Å²) in [6.45, 7) is 17.6. The molecule has 2 saturated carbocycles. The van der Waals surface area contributed by atoms with E-state index in [1.54, 1.807) is 23.3 Å². The summed E-state index contributed by atoms with van der Waals surface area (Å²) in [5.74, 6) is 1.84. The van der Waals surface area contributed by atoms with Crippen LogP contribution in [0.1, 0.15) is 89.2 Å². The standard InChI is InChI=1S/2C26H32N8O/c2*1-17(2)23-24(18-13-22(35-3)26-28-16-29-34(26)15-18)30-31-25(23)21-8-7-20(14-27-21)33-11-9-32(10-12-33)19-5-4-6-19/h2*7-8,13-17,19H,4-6,9-12H2,1-3H3,(H,30,31). The van der Waals surface area contributed by atoms with Crippen molar-refractivity contribution in [2.75, 3.05) is 76.4 Å². The van der Waals surface area contributed by atoms with Gasteiger partial charge in [-0.3, -0.25) is 30.0 Å². The van der Waals surface area contributed by atoms with Gasteiger partial charge in [0.2, 0.25) is 0 Å². The highest BCUT2D eigenvalue weighted by molar-refractivity contribution is 5.77. The number of ether oxygens (including phenoxy) is 2. The number of anilines is 2. The second-order valence-corrected chi connectivity index (χ2v) is 19.7. The minimum atomic E-state index is 0.247. The quantitative estimate of drug-likeness (QED) is 0.121. The Morgan fingerprint density at radius 2 is 0.957 bits per heavy atom. The molecule has 0 bridgehead atoms. The number of pyridine rings is 4. The largest absolute Gasteiger partial charge is 0.493 e. The highest BCUT2D eigenvalue weighted by Gasteiger charge is 2.30. The van der Waals surface area contributed by atoms with Crippen LogP contribution >= 0.6 is 0 Å². The van der Waals surface area contributed by atoms with Crippen LogP contribution in [0.25, 0.3) is 56.6 Å². The van der Waals surface area contributed by atoms with Gasteiger partial charge in [-0.1, -0.05) is 40.5 Å². The Labute approximate surface area is 408 Å². The minimum Gasteiger partial charge on any atom is -0.493 e. The summed E-state index contributed by atoms with van der Waals surface area (Å²) in [5.41, 5.74) is 13.3. The summed E-state index contributed by atoms with van der Waals surface area (Å²) in [4.78, 5) is 28.5. The molecule has 18 heteroatoms. The Kier molecular flexibility index (Phi) is 12.7. The van der Waals surface area contributed by atoms with E-state index >= 15 is 0 Å². The summed E-state index contributed by atoms with van der Waals surface area (Å²) in [6, 6.07) is 14.2. The van der Waals surface area contributed by atoms with Gasteiger partial charge in [-0.25, -0.2) is 19.0 Å². The topological polar surface area (TPSA) is 175 Å². The number of hydrogen-bond donors (Lipinski definition) is 2. The van der Waals surface area contributed by atoms with Gasteiger partial charge in [-0.2, -0.15) is 20.4 Å². The molecule has 70 heavy (non-hydrogen) atoms. The van der Waals surface area contributed by atoms with E-state index in [9.17, 15) is 0 Å². The van der Waals surface area contributed by atoms with Crippen molar-refractivity contribution < 1.29 is 9.47 Å². The van der Waals surface area contributed by atoms with Crippen LogP contribution in [-0.2, 0) is 0 Å². The lowest BCUT2D eigenvalue weighted by atomic mass is 9.91. The number of nitrogens with one attached hydrogen (secondary N) is 2. The van der Waals surface area contributed by atoms with Crippen LogP contribution < -0.4 is 19.3 Å². The molecule has 364 valence electrons. The maximum atomic E-state index is 5.56. The molecular weight excluding hydrogens is 881 g/mol. The zero-order chi connectivity index (χ0) is 47.9. The number of nitrogens with zero attached hydrogens (tertiary/aromatic N) is 14. The SMILES string of the molecule is COc1cc(-c2[nH]nc(-c3ccc(N4CCN(C5CCC5)CC4)cn3)c2C(C)C)cn2ncnc12.COc1cc(-c2[nH]nc(-c3ccc(N4CCN(C5CCC5)CC4)cn3)c2C(C)C)cn2ncnc12. The smallest absolute Gasteiger partial charge is 0.197 e. The highest BCUT2D eigenvalue weighted by Crippen LogP contribution is 2.39. The summed E-state index contributed by atoms with van der Waals surface area (Å²) in [7, 11) is 3.29. The molecule has 8 aromatic rings. The summed E-state index contributed by atoms with van der Waals surface area (Å²) in [6.07, 6.45) is 19.2. The Bertz CT molecular complexity index is 2830. The third kappa shape index (κ3) is 8.71. The van der Waals surface area contributed by atoms with Crippen molar-refractivity contribution in [2.45, 2.75) is 90.1 Å². The average molecular weight is 945 g/mol. The number of piperazine rings is 2. The van der Waals surface area contributed by atoms with E-state index in [0.29, 0.717) is 22.8 Å². The Morgan fingerprint density at radius 1 is 0.543 bits per heavy atom. The molecule has 0 aromatic carbocycles. The normalized spacial score (nSPS) is 17.3. The van der Waals surface area contributed by atoms with E-state index < -0.39 is 0 Å². The van der Waals surface area contributed by atoms with Gasteiger partial charge < -0.3 is 19.3 Å². The molecule has 0 spiro atoms. The van der Waals surface area contributed by atoms with Crippen LogP contribution in [0.3, 0.4) is 0 Å². The molecule has 2 aliphatic heterocycles. The predicted octanol–water partition coefficient (Wildman–Crippen LogP) is 7.98. The monoisotopic (exact) mass is 945 g/mol. The Balaban J connectivity index is 0.000000152. The lowest BCUT2D eigenvalue weighted by Crippen LogP contribution is -2.52. The highest BCUT2D eigenvalue weighted by atomic mass is 16.5. The molecule has 12 rings (SSSR count). The van der Waals surface area contributed by atoms with Crippen molar-refractivity contribution in [2.24, 2.45) is 0 Å². The number of rotatable bonds is 12. The molecular formula is C52H64N16O2. The van der Waals surface area contributed by atoms with Crippen LogP contribution in [0, 0.1) is 0 Å². The summed E-state index contributed by atoms with van der Waals surface area (Å²) < 4.78 is 14.6. The van der Waals surface area contributed by atoms with E-state index in [4.69, 9.17) is 29.6 Å². The zero-order valence-electron chi connectivity index (χ0n) is 41.2. The molecule has 10 heterocycles. The first kappa shape index (κ1) is 45.5. The molecule has 2 saturated heterocycles. The van der Waals surface area contributed by atoms with E-state index in [1.807, 2.05) is 36.9 Å². The van der Waals surface area contributed by atoms with E-state index in [1.165, 1.54) is 62.6 Å². The van der Waals surface area contributed by atoms with E-state index in [-0.39, 0.29) is 11.8 Å². The van der Waals surface area contributed by atoms with E-state index in [2.05, 4.69) is 102 Å². The molecule has 0 atom stereocenters. The molecule has 0 unspecified atom stereocenters. The molecule has 0 radical (unpaired) electrons. The van der Waals surface area contributed by atoms with Gasteiger partial charge in [-0.05, 0) is 73.9 Å². The van der Waals surface area contributed by atoms with Crippen molar-refractivity contribution in [1.82, 2.24) is 69.4 Å². The second-order valence-electron chi connectivity index (χ2n) is 19.7. The maximum absolute atomic E-state index is 5.56. The van der Waals surface area contributed by atoms with Gasteiger partial charge in [0.05, 0.1) is 60.8 Å². The molecule has 18 nitrogen and oxygen atoms in total. The fourth-order valence-electron chi connectivity index (χ4n) is 10.6. The van der Waals surface area contributed by atoms with Crippen molar-refractivity contribution in [3.63, 3.8) is 0 Å². The number of aromatic nitrogens is 12. The first-order valence-corrected chi connectivity index (χ1v) is 25.1. The molecule has 2 aliphatic carbocycles. The number of hydrogen-bond acceptors (Lipinski definition) is 14. The third-order valence-electron chi connectivity index (χ3n) is 15.0. The maximum Gasteiger partial charge on any atom is 0.197 e. The number of aromatic amines is 2. The lowest BCUT2D eigenvalue weighted by molar-refractivity contribution is 0.120. The zero-order valence-corrected chi connectivity index (χ0v) is 41.2. The van der Waals surface area contributed by atoms with Crippen molar-refractivity contribution >= 4 is 22.7 Å². The third-order valence-corrected chi connectivity index (χ3v) is 15.0. The number of methoxy groups -OCH3 is 2. The van der Waals surface area contributed by atoms with Crippen LogP contribution in [0.15, 0.2) is 73.8 Å². The molecule has 4 aliphatic rings. The Hall–Kier alpha value is -6.92. The van der Waals surface area contributed by atoms with Crippen LogP contribution in [0.4, 0.5) is 11.4 Å². The average Bonchev–Trinajstić information content (AvgIpc) is 4.20.